The lowest BCUT2D eigenvalue weighted by Gasteiger charge is -2.10. The van der Waals surface area contributed by atoms with E-state index in [0.29, 0.717) is 36.0 Å². The first-order chi connectivity index (χ1) is 13.0. The largest absolute Gasteiger partial charge is 0.454 e. The standard InChI is InChI=1S/C17H18N4O5S/c22-16(18-6-11-1-2-14-15(5-11)26-10-25-14)12-7-19-17(20-8-12)21-13-3-4-27(23,24)9-13/h1-2,5,7-8,13H,3-4,6,9-10H2,(H,18,22)(H,19,20,21). The minimum atomic E-state index is -2.97. The van der Waals surface area contributed by atoms with E-state index in [4.69, 9.17) is 9.47 Å². The van der Waals surface area contributed by atoms with E-state index in [0.717, 1.165) is 5.56 Å². The normalized spacial score (nSPS) is 19.6. The predicted molar refractivity (Wildman–Crippen MR) is 96.4 cm³/mol. The highest BCUT2D eigenvalue weighted by Gasteiger charge is 2.28. The van der Waals surface area contributed by atoms with E-state index in [1.807, 2.05) is 12.1 Å². The van der Waals surface area contributed by atoms with Gasteiger partial charge in [-0.05, 0) is 24.1 Å². The number of nitrogens with one attached hydrogen (secondary N) is 2. The summed E-state index contributed by atoms with van der Waals surface area (Å²) in [6.07, 6.45) is 3.35. The van der Waals surface area contributed by atoms with E-state index in [1.165, 1.54) is 12.4 Å². The van der Waals surface area contributed by atoms with Gasteiger partial charge in [0, 0.05) is 25.0 Å². The number of benzene rings is 1. The molecule has 142 valence electrons. The Morgan fingerprint density at radius 3 is 2.70 bits per heavy atom. The smallest absolute Gasteiger partial charge is 0.254 e. The molecule has 27 heavy (non-hydrogen) atoms. The van der Waals surface area contributed by atoms with Crippen LogP contribution in [0.3, 0.4) is 0 Å². The molecule has 0 saturated carbocycles. The first-order valence-corrected chi connectivity index (χ1v) is 10.3. The quantitative estimate of drug-likeness (QED) is 0.767. The second-order valence-corrected chi connectivity index (χ2v) is 8.64. The number of carbonyl (C=O) groups excluding carboxylic acids is 1. The Labute approximate surface area is 156 Å². The van der Waals surface area contributed by atoms with Crippen molar-refractivity contribution in [1.29, 1.82) is 0 Å². The van der Waals surface area contributed by atoms with Crippen LogP contribution in [0.2, 0.25) is 0 Å². The summed E-state index contributed by atoms with van der Waals surface area (Å²) in [5.41, 5.74) is 1.20. The van der Waals surface area contributed by atoms with Crippen molar-refractivity contribution >= 4 is 21.7 Å². The molecule has 1 saturated heterocycles. The number of amides is 1. The molecular weight excluding hydrogens is 372 g/mol. The Morgan fingerprint density at radius 1 is 1.19 bits per heavy atom. The monoisotopic (exact) mass is 390 g/mol. The first kappa shape index (κ1) is 17.5. The van der Waals surface area contributed by atoms with Gasteiger partial charge < -0.3 is 20.1 Å². The fourth-order valence-electron chi connectivity index (χ4n) is 2.95. The summed E-state index contributed by atoms with van der Waals surface area (Å²) >= 11 is 0. The molecule has 0 spiro atoms. The van der Waals surface area contributed by atoms with E-state index in [9.17, 15) is 13.2 Å². The summed E-state index contributed by atoms with van der Waals surface area (Å²) < 4.78 is 33.5. The summed E-state index contributed by atoms with van der Waals surface area (Å²) in [5.74, 6) is 1.61. The molecule has 10 heteroatoms. The summed E-state index contributed by atoms with van der Waals surface area (Å²) in [6.45, 7) is 0.533. The van der Waals surface area contributed by atoms with Gasteiger partial charge in [-0.15, -0.1) is 0 Å². The third-order valence-electron chi connectivity index (χ3n) is 4.37. The third kappa shape index (κ3) is 4.11. The van der Waals surface area contributed by atoms with Gasteiger partial charge in [-0.25, -0.2) is 18.4 Å². The minimum Gasteiger partial charge on any atom is -0.454 e. The van der Waals surface area contributed by atoms with Crippen molar-refractivity contribution in [1.82, 2.24) is 15.3 Å². The van der Waals surface area contributed by atoms with Gasteiger partial charge in [0.05, 0.1) is 17.1 Å². The molecule has 2 aromatic rings. The topological polar surface area (TPSA) is 120 Å². The van der Waals surface area contributed by atoms with Crippen LogP contribution >= 0.6 is 0 Å². The van der Waals surface area contributed by atoms with Gasteiger partial charge in [-0.2, -0.15) is 0 Å². The molecule has 2 aliphatic rings. The van der Waals surface area contributed by atoms with Gasteiger partial charge in [0.25, 0.3) is 5.91 Å². The molecule has 1 atom stereocenters. The molecule has 9 nitrogen and oxygen atoms in total. The molecule has 1 unspecified atom stereocenters. The number of fused-ring (bicyclic) bond motifs is 1. The van der Waals surface area contributed by atoms with Crippen LogP contribution in [-0.4, -0.2) is 48.6 Å². The summed E-state index contributed by atoms with van der Waals surface area (Å²) in [4.78, 5) is 20.4. The average Bonchev–Trinajstić information content (AvgIpc) is 3.25. The highest BCUT2D eigenvalue weighted by Crippen LogP contribution is 2.32. The highest BCUT2D eigenvalue weighted by molar-refractivity contribution is 7.91. The zero-order valence-electron chi connectivity index (χ0n) is 14.3. The van der Waals surface area contributed by atoms with E-state index in [1.54, 1.807) is 6.07 Å². The first-order valence-electron chi connectivity index (χ1n) is 8.44. The number of rotatable bonds is 5. The maximum Gasteiger partial charge on any atom is 0.254 e. The molecular formula is C17H18N4O5S. The van der Waals surface area contributed by atoms with Gasteiger partial charge in [-0.3, -0.25) is 4.79 Å². The number of ether oxygens (including phenoxy) is 2. The minimum absolute atomic E-state index is 0.0775. The number of sulfone groups is 1. The fourth-order valence-corrected chi connectivity index (χ4v) is 4.62. The van der Waals surface area contributed by atoms with Crippen LogP contribution in [0.1, 0.15) is 22.3 Å². The molecule has 0 aliphatic carbocycles. The molecule has 1 fully saturated rings. The van der Waals surface area contributed by atoms with Crippen LogP contribution in [0, 0.1) is 0 Å². The maximum absolute atomic E-state index is 12.2. The number of nitrogens with zero attached hydrogens (tertiary/aromatic N) is 2. The van der Waals surface area contributed by atoms with E-state index in [-0.39, 0.29) is 30.2 Å². The number of carbonyl (C=O) groups is 1. The molecule has 4 rings (SSSR count). The molecule has 1 amide bonds. The summed E-state index contributed by atoms with van der Waals surface area (Å²) in [5, 5.41) is 5.78. The fraction of sp³-hybridized carbons (Fsp3) is 0.353. The van der Waals surface area contributed by atoms with Crippen LogP contribution in [0.5, 0.6) is 11.5 Å². The Hall–Kier alpha value is -2.88. The SMILES string of the molecule is O=C(NCc1ccc2c(c1)OCO2)c1cnc(NC2CCS(=O)(=O)C2)nc1. The Morgan fingerprint density at radius 2 is 1.96 bits per heavy atom. The number of anilines is 1. The third-order valence-corrected chi connectivity index (χ3v) is 6.14. The van der Waals surface area contributed by atoms with Crippen molar-refractivity contribution in [2.24, 2.45) is 0 Å². The number of hydrogen-bond acceptors (Lipinski definition) is 8. The van der Waals surface area contributed by atoms with Crippen LogP contribution < -0.4 is 20.1 Å². The molecule has 1 aromatic heterocycles. The molecule has 1 aromatic carbocycles. The van der Waals surface area contributed by atoms with Crippen molar-refractivity contribution < 1.29 is 22.7 Å². The Kier molecular flexibility index (Phi) is 4.56. The van der Waals surface area contributed by atoms with Crippen molar-refractivity contribution in [2.45, 2.75) is 19.0 Å². The molecule has 2 aliphatic heterocycles. The second-order valence-electron chi connectivity index (χ2n) is 6.41. The van der Waals surface area contributed by atoms with Crippen LogP contribution in [0.4, 0.5) is 5.95 Å². The Balaban J connectivity index is 1.32. The highest BCUT2D eigenvalue weighted by atomic mass is 32.2. The number of aromatic nitrogens is 2. The second kappa shape index (κ2) is 7.03. The Bertz CT molecular complexity index is 962. The van der Waals surface area contributed by atoms with Gasteiger partial charge >= 0.3 is 0 Å². The number of hydrogen-bond donors (Lipinski definition) is 2. The van der Waals surface area contributed by atoms with Gasteiger partial charge in [0.2, 0.25) is 12.7 Å². The lowest BCUT2D eigenvalue weighted by Crippen LogP contribution is -2.24. The van der Waals surface area contributed by atoms with Crippen molar-refractivity contribution in [3.05, 3.63) is 41.7 Å². The zero-order valence-corrected chi connectivity index (χ0v) is 15.2. The van der Waals surface area contributed by atoms with Gasteiger partial charge in [0.15, 0.2) is 21.3 Å². The van der Waals surface area contributed by atoms with Gasteiger partial charge in [-0.1, -0.05) is 6.07 Å². The molecule has 2 N–H and O–H groups in total. The van der Waals surface area contributed by atoms with Crippen molar-refractivity contribution in [3.63, 3.8) is 0 Å². The molecule has 0 radical (unpaired) electrons. The summed E-state index contributed by atoms with van der Waals surface area (Å²) in [6, 6.07) is 5.28. The van der Waals surface area contributed by atoms with E-state index >= 15 is 0 Å². The lowest BCUT2D eigenvalue weighted by atomic mass is 10.2. The van der Waals surface area contributed by atoms with Crippen LogP contribution in [0.25, 0.3) is 0 Å². The predicted octanol–water partition coefficient (Wildman–Crippen LogP) is 0.734. The summed E-state index contributed by atoms with van der Waals surface area (Å²) in [7, 11) is -2.97. The lowest BCUT2D eigenvalue weighted by molar-refractivity contribution is 0.0950. The van der Waals surface area contributed by atoms with Crippen molar-refractivity contribution in [3.8, 4) is 11.5 Å². The average molecular weight is 390 g/mol. The van der Waals surface area contributed by atoms with Crippen molar-refractivity contribution in [2.75, 3.05) is 23.6 Å². The molecule has 0 bridgehead atoms. The van der Waals surface area contributed by atoms with E-state index in [2.05, 4.69) is 20.6 Å². The zero-order chi connectivity index (χ0) is 18.9. The molecule has 3 heterocycles. The maximum atomic E-state index is 12.2. The van der Waals surface area contributed by atoms with E-state index < -0.39 is 9.84 Å². The van der Waals surface area contributed by atoms with Gasteiger partial charge in [0.1, 0.15) is 0 Å². The van der Waals surface area contributed by atoms with Crippen LogP contribution in [-0.2, 0) is 16.4 Å². The van der Waals surface area contributed by atoms with Crippen LogP contribution in [0.15, 0.2) is 30.6 Å².